The normalized spacial score (nSPS) is 18.8. The predicted molar refractivity (Wildman–Crippen MR) is 87.9 cm³/mol. The summed E-state index contributed by atoms with van der Waals surface area (Å²) in [6.07, 6.45) is 4.33. The maximum absolute atomic E-state index is 11.5. The van der Waals surface area contributed by atoms with Gasteiger partial charge in [0, 0.05) is 39.4 Å². The van der Waals surface area contributed by atoms with Gasteiger partial charge in [-0.1, -0.05) is 6.07 Å². The molecule has 0 bridgehead atoms. The van der Waals surface area contributed by atoms with Crippen LogP contribution in [-0.4, -0.2) is 49.1 Å². The summed E-state index contributed by atoms with van der Waals surface area (Å²) in [5.41, 5.74) is 1.13. The topological polar surface area (TPSA) is 54.5 Å². The zero-order valence-electron chi connectivity index (χ0n) is 13.7. The molecule has 1 fully saturated rings. The van der Waals surface area contributed by atoms with Crippen LogP contribution in [0.2, 0.25) is 0 Å². The molecule has 1 aromatic rings. The molecule has 0 saturated carbocycles. The van der Waals surface area contributed by atoms with Gasteiger partial charge in [-0.15, -0.1) is 0 Å². The number of carbonyl (C=O) groups excluding carboxylic acids is 1. The Labute approximate surface area is 133 Å². The van der Waals surface area contributed by atoms with Crippen molar-refractivity contribution in [2.75, 3.05) is 38.7 Å². The van der Waals surface area contributed by atoms with Crippen molar-refractivity contribution in [2.24, 2.45) is 5.92 Å². The molecule has 5 heteroatoms. The van der Waals surface area contributed by atoms with Crippen molar-refractivity contribution in [3.8, 4) is 0 Å². The van der Waals surface area contributed by atoms with Gasteiger partial charge in [0.1, 0.15) is 5.82 Å². The number of methoxy groups -OCH3 is 1. The lowest BCUT2D eigenvalue weighted by atomic mass is 9.95. The molecule has 5 nitrogen and oxygen atoms in total. The molecule has 1 amide bonds. The number of carbonyl (C=O) groups is 1. The summed E-state index contributed by atoms with van der Waals surface area (Å²) in [6.45, 7) is 4.89. The molecule has 2 rings (SSSR count). The molecule has 22 heavy (non-hydrogen) atoms. The number of likely N-dealkylation sites (tertiary alicyclic amines) is 1. The highest BCUT2D eigenvalue weighted by molar-refractivity contribution is 5.73. The second-order valence-corrected chi connectivity index (χ2v) is 5.94. The van der Waals surface area contributed by atoms with Crippen LogP contribution in [0.3, 0.4) is 0 Å². The quantitative estimate of drug-likeness (QED) is 0.820. The number of rotatable bonds is 6. The van der Waals surface area contributed by atoms with Crippen molar-refractivity contribution in [1.82, 2.24) is 9.88 Å². The van der Waals surface area contributed by atoms with Crippen molar-refractivity contribution in [2.45, 2.75) is 32.6 Å². The Morgan fingerprint density at radius 1 is 1.41 bits per heavy atom. The smallest absolute Gasteiger partial charge is 0.219 e. The Morgan fingerprint density at radius 2 is 2.27 bits per heavy atom. The third-order valence-electron chi connectivity index (χ3n) is 4.21. The van der Waals surface area contributed by atoms with Crippen LogP contribution < -0.4 is 5.32 Å². The Morgan fingerprint density at radius 3 is 3.05 bits per heavy atom. The summed E-state index contributed by atoms with van der Waals surface area (Å²) in [7, 11) is 1.70. The molecule has 0 spiro atoms. The van der Waals surface area contributed by atoms with Gasteiger partial charge in [0.2, 0.25) is 5.91 Å². The van der Waals surface area contributed by atoms with Crippen LogP contribution in [0.4, 0.5) is 5.82 Å². The summed E-state index contributed by atoms with van der Waals surface area (Å²) in [5, 5.41) is 3.27. The second-order valence-electron chi connectivity index (χ2n) is 5.94. The highest BCUT2D eigenvalue weighted by atomic mass is 16.5. The van der Waals surface area contributed by atoms with Gasteiger partial charge in [-0.25, -0.2) is 4.98 Å². The molecule has 1 aliphatic heterocycles. The molecule has 1 saturated heterocycles. The van der Waals surface area contributed by atoms with E-state index < -0.39 is 0 Å². The van der Waals surface area contributed by atoms with Crippen molar-refractivity contribution >= 4 is 11.7 Å². The minimum absolute atomic E-state index is 0.197. The maximum atomic E-state index is 11.5. The summed E-state index contributed by atoms with van der Waals surface area (Å²) >= 11 is 0. The monoisotopic (exact) mass is 305 g/mol. The van der Waals surface area contributed by atoms with E-state index in [1.54, 1.807) is 14.0 Å². The van der Waals surface area contributed by atoms with Crippen molar-refractivity contribution in [3.63, 3.8) is 0 Å². The SMILES string of the molecule is COCCNc1cccc(C[C@@H]2CCCN(C(C)=O)CC2)n1. The van der Waals surface area contributed by atoms with Crippen LogP contribution in [0.25, 0.3) is 0 Å². The second kappa shape index (κ2) is 8.73. The van der Waals surface area contributed by atoms with Crippen LogP contribution >= 0.6 is 0 Å². The number of hydrogen-bond donors (Lipinski definition) is 1. The number of pyridine rings is 1. The fourth-order valence-corrected chi connectivity index (χ4v) is 2.95. The molecule has 1 N–H and O–H groups in total. The number of aromatic nitrogens is 1. The Hall–Kier alpha value is -1.62. The average Bonchev–Trinajstić information content (AvgIpc) is 2.74. The van der Waals surface area contributed by atoms with Crippen LogP contribution in [0.5, 0.6) is 0 Å². The Kier molecular flexibility index (Phi) is 6.65. The minimum Gasteiger partial charge on any atom is -0.383 e. The third-order valence-corrected chi connectivity index (χ3v) is 4.21. The molecule has 1 aromatic heterocycles. The summed E-state index contributed by atoms with van der Waals surface area (Å²) < 4.78 is 5.04. The first-order valence-corrected chi connectivity index (χ1v) is 8.13. The minimum atomic E-state index is 0.197. The lowest BCUT2D eigenvalue weighted by Crippen LogP contribution is -2.29. The van der Waals surface area contributed by atoms with Crippen molar-refractivity contribution in [3.05, 3.63) is 23.9 Å². The highest BCUT2D eigenvalue weighted by Gasteiger charge is 2.19. The lowest BCUT2D eigenvalue weighted by Gasteiger charge is -2.18. The summed E-state index contributed by atoms with van der Waals surface area (Å²) in [6, 6.07) is 6.13. The van der Waals surface area contributed by atoms with Crippen LogP contribution in [0.1, 0.15) is 31.9 Å². The molecule has 0 radical (unpaired) electrons. The van der Waals surface area contributed by atoms with Crippen molar-refractivity contribution < 1.29 is 9.53 Å². The summed E-state index contributed by atoms with van der Waals surface area (Å²) in [5.74, 6) is 1.72. The lowest BCUT2D eigenvalue weighted by molar-refractivity contribution is -0.128. The fraction of sp³-hybridized carbons (Fsp3) is 0.647. The molecule has 0 aliphatic carbocycles. The van der Waals surface area contributed by atoms with E-state index in [-0.39, 0.29) is 5.91 Å². The first-order chi connectivity index (χ1) is 10.7. The van der Waals surface area contributed by atoms with Gasteiger partial charge in [-0.3, -0.25) is 4.79 Å². The highest BCUT2D eigenvalue weighted by Crippen LogP contribution is 2.21. The summed E-state index contributed by atoms with van der Waals surface area (Å²) in [4.78, 5) is 18.1. The van der Waals surface area contributed by atoms with Gasteiger partial charge in [-0.05, 0) is 43.7 Å². The first kappa shape index (κ1) is 16.7. The van der Waals surface area contributed by atoms with Gasteiger partial charge in [-0.2, -0.15) is 0 Å². The Bertz CT molecular complexity index is 479. The zero-order valence-corrected chi connectivity index (χ0v) is 13.7. The average molecular weight is 305 g/mol. The van der Waals surface area contributed by atoms with Gasteiger partial charge >= 0.3 is 0 Å². The van der Waals surface area contributed by atoms with E-state index in [0.717, 1.165) is 50.4 Å². The van der Waals surface area contributed by atoms with E-state index >= 15 is 0 Å². The van der Waals surface area contributed by atoms with Crippen LogP contribution in [0.15, 0.2) is 18.2 Å². The fourth-order valence-electron chi connectivity index (χ4n) is 2.95. The third kappa shape index (κ3) is 5.30. The molecule has 1 atom stereocenters. The van der Waals surface area contributed by atoms with E-state index in [9.17, 15) is 4.79 Å². The number of anilines is 1. The zero-order chi connectivity index (χ0) is 15.8. The molecule has 1 aliphatic rings. The first-order valence-electron chi connectivity index (χ1n) is 8.13. The van der Waals surface area contributed by atoms with Crippen LogP contribution in [-0.2, 0) is 16.0 Å². The molecule has 0 unspecified atom stereocenters. The van der Waals surface area contributed by atoms with Gasteiger partial charge < -0.3 is 15.0 Å². The number of hydrogen-bond acceptors (Lipinski definition) is 4. The van der Waals surface area contributed by atoms with Gasteiger partial charge in [0.05, 0.1) is 6.61 Å². The van der Waals surface area contributed by atoms with Gasteiger partial charge in [0.25, 0.3) is 0 Å². The van der Waals surface area contributed by atoms with Gasteiger partial charge in [0.15, 0.2) is 0 Å². The predicted octanol–water partition coefficient (Wildman–Crippen LogP) is 2.33. The van der Waals surface area contributed by atoms with E-state index in [4.69, 9.17) is 4.74 Å². The number of amides is 1. The van der Waals surface area contributed by atoms with E-state index in [1.165, 1.54) is 6.42 Å². The maximum Gasteiger partial charge on any atom is 0.219 e. The number of ether oxygens (including phenoxy) is 1. The van der Waals surface area contributed by atoms with Crippen molar-refractivity contribution in [1.29, 1.82) is 0 Å². The van der Waals surface area contributed by atoms with E-state index in [1.807, 2.05) is 11.0 Å². The Balaban J connectivity index is 1.87. The standard InChI is InChI=1S/C17H27N3O2/c1-14(21)20-10-4-5-15(8-11-20)13-16-6-3-7-17(19-16)18-9-12-22-2/h3,6-7,15H,4-5,8-13H2,1-2H3,(H,18,19)/t15-/m1/s1. The molecular weight excluding hydrogens is 278 g/mol. The van der Waals surface area contributed by atoms with Crippen LogP contribution in [0, 0.1) is 5.92 Å². The van der Waals surface area contributed by atoms with E-state index in [2.05, 4.69) is 22.4 Å². The van der Waals surface area contributed by atoms with E-state index in [0.29, 0.717) is 12.5 Å². The largest absolute Gasteiger partial charge is 0.383 e. The number of nitrogens with one attached hydrogen (secondary N) is 1. The molecular formula is C17H27N3O2. The molecule has 0 aromatic carbocycles. The molecule has 122 valence electrons. The number of nitrogens with zero attached hydrogens (tertiary/aromatic N) is 2. The molecule has 2 heterocycles.